The topological polar surface area (TPSA) is 12.0 Å². The summed E-state index contributed by atoms with van der Waals surface area (Å²) >= 11 is 0. The van der Waals surface area contributed by atoms with Crippen LogP contribution in [0.1, 0.15) is 27.2 Å². The standard InChI is InChI=1S/C8H18FN/c1-4-10-7-8(2,3)5-6-9/h10H,4-7H2,1-3H3. The zero-order chi connectivity index (χ0) is 8.04. The Morgan fingerprint density at radius 1 is 1.40 bits per heavy atom. The molecule has 1 nitrogen and oxygen atoms in total. The van der Waals surface area contributed by atoms with Crippen LogP contribution in [0.2, 0.25) is 0 Å². The molecule has 0 aromatic carbocycles. The maximum absolute atomic E-state index is 11.9. The molecule has 62 valence electrons. The predicted molar refractivity (Wildman–Crippen MR) is 42.9 cm³/mol. The summed E-state index contributed by atoms with van der Waals surface area (Å²) in [5, 5.41) is 3.21. The SMILES string of the molecule is CCNCC(C)(C)CCF. The first-order valence-electron chi connectivity index (χ1n) is 3.89. The molecule has 0 spiro atoms. The third-order valence-electron chi connectivity index (χ3n) is 1.62. The van der Waals surface area contributed by atoms with Crippen LogP contribution >= 0.6 is 0 Å². The summed E-state index contributed by atoms with van der Waals surface area (Å²) in [6.07, 6.45) is 0.653. The third-order valence-corrected chi connectivity index (χ3v) is 1.62. The highest BCUT2D eigenvalue weighted by Gasteiger charge is 2.15. The molecule has 0 atom stereocenters. The van der Waals surface area contributed by atoms with Gasteiger partial charge in [-0.2, -0.15) is 0 Å². The van der Waals surface area contributed by atoms with Crippen LogP contribution in [0.4, 0.5) is 4.39 Å². The van der Waals surface area contributed by atoms with Crippen LogP contribution in [0.5, 0.6) is 0 Å². The van der Waals surface area contributed by atoms with Gasteiger partial charge >= 0.3 is 0 Å². The lowest BCUT2D eigenvalue weighted by Gasteiger charge is -2.22. The Labute approximate surface area is 63.0 Å². The minimum Gasteiger partial charge on any atom is -0.316 e. The summed E-state index contributed by atoms with van der Waals surface area (Å²) in [4.78, 5) is 0. The Bertz CT molecular complexity index is 81.3. The maximum Gasteiger partial charge on any atom is 0.0900 e. The maximum atomic E-state index is 11.9. The van der Waals surface area contributed by atoms with Crippen LogP contribution in [0.3, 0.4) is 0 Å². The van der Waals surface area contributed by atoms with Crippen LogP contribution in [-0.2, 0) is 0 Å². The van der Waals surface area contributed by atoms with Gasteiger partial charge in [0.15, 0.2) is 0 Å². The Morgan fingerprint density at radius 3 is 2.40 bits per heavy atom. The Morgan fingerprint density at radius 2 is 2.00 bits per heavy atom. The van der Waals surface area contributed by atoms with Crippen molar-refractivity contribution in [3.63, 3.8) is 0 Å². The van der Waals surface area contributed by atoms with E-state index in [1.807, 2.05) is 0 Å². The molecule has 0 fully saturated rings. The van der Waals surface area contributed by atoms with Crippen LogP contribution in [0.15, 0.2) is 0 Å². The number of rotatable bonds is 5. The molecule has 2 heteroatoms. The predicted octanol–water partition coefficient (Wildman–Crippen LogP) is 1.98. The fourth-order valence-electron chi connectivity index (χ4n) is 0.808. The van der Waals surface area contributed by atoms with E-state index in [9.17, 15) is 4.39 Å². The molecular weight excluding hydrogens is 129 g/mol. The van der Waals surface area contributed by atoms with Gasteiger partial charge in [-0.3, -0.25) is 4.39 Å². The average molecular weight is 147 g/mol. The van der Waals surface area contributed by atoms with E-state index in [-0.39, 0.29) is 12.1 Å². The van der Waals surface area contributed by atoms with E-state index >= 15 is 0 Å². The van der Waals surface area contributed by atoms with Crippen LogP contribution in [0, 0.1) is 5.41 Å². The van der Waals surface area contributed by atoms with Crippen molar-refractivity contribution in [3.05, 3.63) is 0 Å². The van der Waals surface area contributed by atoms with Gasteiger partial charge in [-0.15, -0.1) is 0 Å². The lowest BCUT2D eigenvalue weighted by molar-refractivity contribution is 0.277. The lowest BCUT2D eigenvalue weighted by atomic mass is 9.90. The van der Waals surface area contributed by atoms with Crippen molar-refractivity contribution in [1.29, 1.82) is 0 Å². The van der Waals surface area contributed by atoms with Gasteiger partial charge in [0.2, 0.25) is 0 Å². The Hall–Kier alpha value is -0.110. The fourth-order valence-corrected chi connectivity index (χ4v) is 0.808. The largest absolute Gasteiger partial charge is 0.316 e. The summed E-state index contributed by atoms with van der Waals surface area (Å²) in [5.74, 6) is 0. The molecule has 0 aliphatic carbocycles. The van der Waals surface area contributed by atoms with Gasteiger partial charge in [0.25, 0.3) is 0 Å². The fraction of sp³-hybridized carbons (Fsp3) is 1.00. The minimum atomic E-state index is -0.210. The Balaban J connectivity index is 3.42. The zero-order valence-corrected chi connectivity index (χ0v) is 7.21. The van der Waals surface area contributed by atoms with Gasteiger partial charge < -0.3 is 5.32 Å². The molecule has 0 saturated heterocycles. The van der Waals surface area contributed by atoms with Gasteiger partial charge in [-0.1, -0.05) is 20.8 Å². The third kappa shape index (κ3) is 4.74. The zero-order valence-electron chi connectivity index (χ0n) is 7.21. The summed E-state index contributed by atoms with van der Waals surface area (Å²) < 4.78 is 11.9. The highest BCUT2D eigenvalue weighted by atomic mass is 19.1. The van der Waals surface area contributed by atoms with Crippen LogP contribution < -0.4 is 5.32 Å². The summed E-state index contributed by atoms with van der Waals surface area (Å²) in [6.45, 7) is 7.89. The molecule has 0 aromatic heterocycles. The van der Waals surface area contributed by atoms with E-state index in [2.05, 4.69) is 26.1 Å². The second kappa shape index (κ2) is 4.67. The first-order chi connectivity index (χ1) is 4.62. The highest BCUT2D eigenvalue weighted by molar-refractivity contribution is 4.70. The van der Waals surface area contributed by atoms with Crippen molar-refractivity contribution in [3.8, 4) is 0 Å². The minimum absolute atomic E-state index is 0.116. The first-order valence-corrected chi connectivity index (χ1v) is 3.89. The quantitative estimate of drug-likeness (QED) is 0.627. The molecule has 0 aliphatic heterocycles. The van der Waals surface area contributed by atoms with E-state index in [1.54, 1.807) is 0 Å². The lowest BCUT2D eigenvalue weighted by Crippen LogP contribution is -2.29. The molecule has 10 heavy (non-hydrogen) atoms. The number of halogens is 1. The normalized spacial score (nSPS) is 12.0. The molecule has 1 N–H and O–H groups in total. The van der Waals surface area contributed by atoms with Crippen molar-refractivity contribution in [2.45, 2.75) is 27.2 Å². The summed E-state index contributed by atoms with van der Waals surface area (Å²) in [6, 6.07) is 0. The molecule has 0 heterocycles. The summed E-state index contributed by atoms with van der Waals surface area (Å²) in [7, 11) is 0. The van der Waals surface area contributed by atoms with Gasteiger partial charge in [0.1, 0.15) is 0 Å². The molecule has 0 rings (SSSR count). The highest BCUT2D eigenvalue weighted by Crippen LogP contribution is 2.18. The number of hydrogen-bond acceptors (Lipinski definition) is 1. The van der Waals surface area contributed by atoms with E-state index < -0.39 is 0 Å². The van der Waals surface area contributed by atoms with Gasteiger partial charge in [-0.25, -0.2) is 0 Å². The van der Waals surface area contributed by atoms with Gasteiger partial charge in [0.05, 0.1) is 6.67 Å². The second-order valence-electron chi connectivity index (χ2n) is 3.38. The molecule has 0 bridgehead atoms. The monoisotopic (exact) mass is 147 g/mol. The van der Waals surface area contributed by atoms with Crippen molar-refractivity contribution < 1.29 is 4.39 Å². The second-order valence-corrected chi connectivity index (χ2v) is 3.38. The number of hydrogen-bond donors (Lipinski definition) is 1. The Kier molecular flexibility index (Phi) is 4.62. The smallest absolute Gasteiger partial charge is 0.0900 e. The van der Waals surface area contributed by atoms with Crippen molar-refractivity contribution in [2.24, 2.45) is 5.41 Å². The molecule has 0 unspecified atom stereocenters. The van der Waals surface area contributed by atoms with E-state index in [1.165, 1.54) is 0 Å². The number of alkyl halides is 1. The molecule has 0 amide bonds. The van der Waals surface area contributed by atoms with Crippen LogP contribution in [-0.4, -0.2) is 19.8 Å². The molecule has 0 aromatic rings. The first kappa shape index (κ1) is 9.89. The molecule has 0 radical (unpaired) electrons. The van der Waals surface area contributed by atoms with Crippen molar-refractivity contribution in [2.75, 3.05) is 19.8 Å². The van der Waals surface area contributed by atoms with Gasteiger partial charge in [-0.05, 0) is 18.4 Å². The van der Waals surface area contributed by atoms with E-state index in [4.69, 9.17) is 0 Å². The molecular formula is C8H18FN. The van der Waals surface area contributed by atoms with E-state index in [0.717, 1.165) is 13.1 Å². The van der Waals surface area contributed by atoms with Gasteiger partial charge in [0, 0.05) is 6.54 Å². The van der Waals surface area contributed by atoms with Crippen molar-refractivity contribution >= 4 is 0 Å². The average Bonchev–Trinajstić information content (AvgIpc) is 1.84. The van der Waals surface area contributed by atoms with E-state index in [0.29, 0.717) is 6.42 Å². The van der Waals surface area contributed by atoms with Crippen LogP contribution in [0.25, 0.3) is 0 Å². The molecule has 0 saturated carbocycles. The number of nitrogens with one attached hydrogen (secondary N) is 1. The summed E-state index contributed by atoms with van der Waals surface area (Å²) in [5.41, 5.74) is 0.116. The van der Waals surface area contributed by atoms with Crippen molar-refractivity contribution in [1.82, 2.24) is 5.32 Å². The molecule has 0 aliphatic rings.